The number of ether oxygens (including phenoxy) is 1. The minimum atomic E-state index is -1.98. The number of hydrogen-bond acceptors (Lipinski definition) is 6. The van der Waals surface area contributed by atoms with Crippen molar-refractivity contribution in [2.24, 2.45) is 17.8 Å². The van der Waals surface area contributed by atoms with Crippen LogP contribution in [-0.2, 0) is 19.2 Å². The molecule has 4 aliphatic rings. The first kappa shape index (κ1) is 27.5. The third kappa shape index (κ3) is 3.40. The molecule has 38 heavy (non-hydrogen) atoms. The number of hydrogen-bond donors (Lipinski definition) is 1. The van der Waals surface area contributed by atoms with Crippen LogP contribution in [0.1, 0.15) is 52.0 Å². The van der Waals surface area contributed by atoms with Gasteiger partial charge in [-0.1, -0.05) is 39.7 Å². The number of allylic oxidation sites excluding steroid dienone is 2. The molecule has 204 valence electrons. The number of alkyl halides is 3. The summed E-state index contributed by atoms with van der Waals surface area (Å²) in [7, 11) is 0. The van der Waals surface area contributed by atoms with Gasteiger partial charge in [0.15, 0.2) is 21.2 Å². The molecule has 0 radical (unpaired) electrons. The number of para-hydroxylation sites is 1. The molecule has 0 bridgehead atoms. The van der Waals surface area contributed by atoms with Crippen LogP contribution in [0.3, 0.4) is 0 Å². The second kappa shape index (κ2) is 8.96. The number of phenols is 1. The second-order valence-corrected chi connectivity index (χ2v) is 13.0. The Hall–Kier alpha value is -2.10. The monoisotopic (exact) mass is 626 g/mol. The van der Waals surface area contributed by atoms with Crippen LogP contribution in [0, 0.1) is 17.8 Å². The number of benzene rings is 1. The van der Waals surface area contributed by atoms with Crippen LogP contribution in [0.25, 0.3) is 0 Å². The van der Waals surface area contributed by atoms with Gasteiger partial charge in [-0.15, -0.1) is 23.2 Å². The quantitative estimate of drug-likeness (QED) is 0.231. The minimum absolute atomic E-state index is 0.0987. The van der Waals surface area contributed by atoms with Crippen LogP contribution in [0.4, 0.5) is 0 Å². The van der Waals surface area contributed by atoms with Gasteiger partial charge in [0.05, 0.1) is 23.9 Å². The predicted molar refractivity (Wildman–Crippen MR) is 144 cm³/mol. The highest BCUT2D eigenvalue weighted by molar-refractivity contribution is 9.09. The number of imide groups is 2. The van der Waals surface area contributed by atoms with E-state index in [4.69, 9.17) is 27.9 Å². The highest BCUT2D eigenvalue weighted by atomic mass is 79.9. The molecule has 11 heteroatoms. The second-order valence-electron chi connectivity index (χ2n) is 11.3. The number of phenolic OH excluding ortho intramolecular Hbond substituents is 1. The molecule has 1 N–H and O–H groups in total. The van der Waals surface area contributed by atoms with Gasteiger partial charge < -0.3 is 9.84 Å². The van der Waals surface area contributed by atoms with Gasteiger partial charge >= 0.3 is 0 Å². The van der Waals surface area contributed by atoms with Crippen molar-refractivity contribution < 1.29 is 29.0 Å². The minimum Gasteiger partial charge on any atom is -0.504 e. The average molecular weight is 628 g/mol. The number of rotatable bonds is 4. The fraction of sp³-hybridized carbons (Fsp3) is 0.556. The van der Waals surface area contributed by atoms with Gasteiger partial charge in [0, 0.05) is 17.0 Å². The van der Waals surface area contributed by atoms with Crippen molar-refractivity contribution in [3.63, 3.8) is 0 Å². The Kier molecular flexibility index (Phi) is 6.48. The molecule has 4 amide bonds. The number of likely N-dealkylation sites (tertiary alicyclic amines) is 2. The number of fused-ring (bicyclic) bond motifs is 4. The summed E-state index contributed by atoms with van der Waals surface area (Å²) in [4.78, 5) is 53.1. The van der Waals surface area contributed by atoms with E-state index in [0.717, 1.165) is 4.90 Å². The SMILES string of the molecule is CCOc1cccc(C2C3=CCC4C(=O)N(C(C)(C)C)C(=O)C4C3CC3(Cl)C(=O)N(CBr)C(=O)C23Cl)c1O. The summed E-state index contributed by atoms with van der Waals surface area (Å²) in [6.07, 6.45) is 2.01. The maximum atomic E-state index is 13.8. The lowest BCUT2D eigenvalue weighted by atomic mass is 9.56. The van der Waals surface area contributed by atoms with E-state index < -0.39 is 50.8 Å². The number of carbonyl (C=O) groups is 4. The van der Waals surface area contributed by atoms with Crippen LogP contribution in [-0.4, -0.2) is 65.9 Å². The zero-order valence-corrected chi connectivity index (χ0v) is 24.6. The van der Waals surface area contributed by atoms with Crippen molar-refractivity contribution in [1.82, 2.24) is 9.80 Å². The van der Waals surface area contributed by atoms with Crippen molar-refractivity contribution >= 4 is 62.8 Å². The Balaban J connectivity index is 1.74. The summed E-state index contributed by atoms with van der Waals surface area (Å²) in [6, 6.07) is 4.88. The Morgan fingerprint density at radius 2 is 1.79 bits per heavy atom. The first-order valence-corrected chi connectivity index (χ1v) is 14.5. The van der Waals surface area contributed by atoms with Crippen LogP contribution in [0.2, 0.25) is 0 Å². The maximum absolute atomic E-state index is 13.8. The summed E-state index contributed by atoms with van der Waals surface area (Å²) in [5, 5.41) is 11.3. The Bertz CT molecular complexity index is 1290. The van der Waals surface area contributed by atoms with Crippen LogP contribution in [0.5, 0.6) is 11.5 Å². The Morgan fingerprint density at radius 1 is 1.11 bits per heavy atom. The van der Waals surface area contributed by atoms with Crippen molar-refractivity contribution in [3.8, 4) is 11.5 Å². The number of nitrogens with zero attached hydrogens (tertiary/aromatic N) is 2. The smallest absolute Gasteiger partial charge is 0.254 e. The summed E-state index contributed by atoms with van der Waals surface area (Å²) in [6.45, 7) is 7.46. The predicted octanol–water partition coefficient (Wildman–Crippen LogP) is 4.30. The van der Waals surface area contributed by atoms with E-state index in [1.807, 2.05) is 6.08 Å². The third-order valence-corrected chi connectivity index (χ3v) is 10.2. The zero-order chi connectivity index (χ0) is 27.9. The van der Waals surface area contributed by atoms with E-state index in [9.17, 15) is 24.3 Å². The van der Waals surface area contributed by atoms with Crippen LogP contribution in [0.15, 0.2) is 29.8 Å². The van der Waals surface area contributed by atoms with Gasteiger partial charge in [-0.05, 0) is 52.5 Å². The molecule has 0 aromatic heterocycles. The lowest BCUT2D eigenvalue weighted by Gasteiger charge is -2.50. The summed E-state index contributed by atoms with van der Waals surface area (Å²) in [5.74, 6) is -5.04. The van der Waals surface area contributed by atoms with Crippen LogP contribution >= 0.6 is 39.1 Å². The molecule has 2 aliphatic heterocycles. The fourth-order valence-electron chi connectivity index (χ4n) is 6.80. The molecule has 6 atom stereocenters. The van der Waals surface area contributed by atoms with E-state index in [1.165, 1.54) is 4.90 Å². The van der Waals surface area contributed by atoms with E-state index in [1.54, 1.807) is 45.9 Å². The molecular weight excluding hydrogens is 599 g/mol. The zero-order valence-electron chi connectivity index (χ0n) is 21.5. The summed E-state index contributed by atoms with van der Waals surface area (Å²) < 4.78 is 5.60. The van der Waals surface area contributed by atoms with Gasteiger partial charge in [0.2, 0.25) is 11.8 Å². The lowest BCUT2D eigenvalue weighted by Crippen LogP contribution is -2.60. The molecule has 5 rings (SSSR count). The van der Waals surface area contributed by atoms with E-state index in [2.05, 4.69) is 15.9 Å². The maximum Gasteiger partial charge on any atom is 0.254 e. The molecule has 2 aliphatic carbocycles. The van der Waals surface area contributed by atoms with Crippen molar-refractivity contribution in [2.75, 3.05) is 12.1 Å². The standard InChI is InChI=1S/C27H29BrCl2N2O6/c1-5-38-17-8-6-7-15(20(17)33)19-13-9-10-14-18(22(35)32(21(14)34)25(2,3)4)16(13)11-26(29)23(36)31(12-28)24(37)27(19,26)30/h6-9,14,16,18-19,33H,5,10-12H2,1-4H3. The molecule has 2 saturated heterocycles. The molecule has 2 heterocycles. The molecule has 6 unspecified atom stereocenters. The first-order chi connectivity index (χ1) is 17.8. The van der Waals surface area contributed by atoms with Crippen molar-refractivity contribution in [1.29, 1.82) is 0 Å². The normalized spacial score (nSPS) is 34.8. The topological polar surface area (TPSA) is 104 Å². The van der Waals surface area contributed by atoms with Gasteiger partial charge in [0.1, 0.15) is 0 Å². The third-order valence-electron chi connectivity index (χ3n) is 8.33. The largest absolute Gasteiger partial charge is 0.504 e. The van der Waals surface area contributed by atoms with Gasteiger partial charge in [-0.2, -0.15) is 0 Å². The lowest BCUT2D eigenvalue weighted by molar-refractivity contribution is -0.146. The van der Waals surface area contributed by atoms with Crippen LogP contribution < -0.4 is 4.74 Å². The molecule has 1 saturated carbocycles. The first-order valence-electron chi connectivity index (χ1n) is 12.6. The summed E-state index contributed by atoms with van der Waals surface area (Å²) >= 11 is 17.6. The van der Waals surface area contributed by atoms with E-state index in [-0.39, 0.29) is 53.8 Å². The number of halogens is 3. The van der Waals surface area contributed by atoms with Gasteiger partial charge in [0.25, 0.3) is 11.8 Å². The highest BCUT2D eigenvalue weighted by Crippen LogP contribution is 2.66. The molecular formula is C27H29BrCl2N2O6. The van der Waals surface area contributed by atoms with Gasteiger partial charge in [-0.3, -0.25) is 29.0 Å². The fourth-order valence-corrected chi connectivity index (χ4v) is 8.22. The molecule has 8 nitrogen and oxygen atoms in total. The highest BCUT2D eigenvalue weighted by Gasteiger charge is 2.76. The van der Waals surface area contributed by atoms with E-state index >= 15 is 0 Å². The number of aromatic hydroxyl groups is 1. The molecule has 1 aromatic rings. The summed E-state index contributed by atoms with van der Waals surface area (Å²) in [5.41, 5.74) is 0.0457. The Morgan fingerprint density at radius 3 is 2.39 bits per heavy atom. The molecule has 1 aromatic carbocycles. The average Bonchev–Trinajstić information content (AvgIpc) is 3.19. The Labute approximate surface area is 239 Å². The molecule has 0 spiro atoms. The number of carbonyl (C=O) groups excluding carboxylic acids is 4. The van der Waals surface area contributed by atoms with E-state index in [0.29, 0.717) is 5.57 Å². The van der Waals surface area contributed by atoms with Crippen molar-refractivity contribution in [3.05, 3.63) is 35.4 Å². The van der Waals surface area contributed by atoms with Gasteiger partial charge in [-0.25, -0.2) is 0 Å². The molecule has 3 fully saturated rings. The number of amides is 4. The van der Waals surface area contributed by atoms with Crippen molar-refractivity contribution in [2.45, 2.75) is 61.7 Å².